The highest BCUT2D eigenvalue weighted by molar-refractivity contribution is 7.80. The largest absolute Gasteiger partial charge is 0.398 e. The molecular weight excluding hydrogens is 182 g/mol. The van der Waals surface area contributed by atoms with E-state index in [1.165, 1.54) is 0 Å². The van der Waals surface area contributed by atoms with E-state index < -0.39 is 11.6 Å². The lowest BCUT2D eigenvalue weighted by Gasteiger charge is -2.04. The molecule has 0 spiro atoms. The quantitative estimate of drug-likeness (QED) is 0.351. The lowest BCUT2D eigenvalue weighted by molar-refractivity contribution is 0.492. The number of benzene rings is 1. The first-order valence-corrected chi connectivity index (χ1v) is 3.49. The van der Waals surface area contributed by atoms with E-state index >= 15 is 0 Å². The van der Waals surface area contributed by atoms with E-state index in [2.05, 4.69) is 12.6 Å². The van der Waals surface area contributed by atoms with Crippen molar-refractivity contribution >= 4 is 24.5 Å². The zero-order valence-corrected chi connectivity index (χ0v) is 6.83. The summed E-state index contributed by atoms with van der Waals surface area (Å²) in [7, 11) is 0. The van der Waals surface area contributed by atoms with Crippen LogP contribution in [0, 0.1) is 17.0 Å². The second kappa shape index (κ2) is 3.10. The van der Waals surface area contributed by atoms with E-state index in [0.717, 1.165) is 12.3 Å². The topological polar surface area (TPSA) is 49.9 Å². The van der Waals surface area contributed by atoms with Crippen LogP contribution < -0.4 is 5.73 Å². The lowest BCUT2D eigenvalue weighted by atomic mass is 10.2. The normalized spacial score (nSPS) is 9.92. The Bertz CT molecular complexity index is 339. The smallest absolute Gasteiger partial charge is 0.172 e. The maximum atomic E-state index is 12.7. The standard InChI is InChI=1S/C7H6F2N2S/c8-4-1-5(11)3(2-10)7(12)6(4)9/h1-2,10,12H,11H2. The van der Waals surface area contributed by atoms with E-state index in [9.17, 15) is 8.78 Å². The van der Waals surface area contributed by atoms with Gasteiger partial charge >= 0.3 is 0 Å². The van der Waals surface area contributed by atoms with Crippen LogP contribution >= 0.6 is 12.6 Å². The van der Waals surface area contributed by atoms with Gasteiger partial charge in [0.15, 0.2) is 11.6 Å². The van der Waals surface area contributed by atoms with Gasteiger partial charge in [-0.15, -0.1) is 12.6 Å². The third-order valence-corrected chi connectivity index (χ3v) is 1.85. The second-order valence-corrected chi connectivity index (χ2v) is 2.62. The van der Waals surface area contributed by atoms with E-state index in [1.54, 1.807) is 0 Å². The van der Waals surface area contributed by atoms with Gasteiger partial charge in [0.25, 0.3) is 0 Å². The van der Waals surface area contributed by atoms with Gasteiger partial charge < -0.3 is 11.1 Å². The highest BCUT2D eigenvalue weighted by Gasteiger charge is 2.12. The minimum absolute atomic E-state index is 0.00824. The SMILES string of the molecule is N=Cc1c(N)cc(F)c(F)c1S. The average molecular weight is 188 g/mol. The van der Waals surface area contributed by atoms with E-state index in [4.69, 9.17) is 11.1 Å². The summed E-state index contributed by atoms with van der Waals surface area (Å²) in [5, 5.41) is 6.85. The van der Waals surface area contributed by atoms with Crippen molar-refractivity contribution in [3.05, 3.63) is 23.3 Å². The molecular formula is C7H6F2N2S. The minimum Gasteiger partial charge on any atom is -0.398 e. The first kappa shape index (κ1) is 8.99. The Morgan fingerprint density at radius 1 is 1.50 bits per heavy atom. The Hall–Kier alpha value is -1.10. The molecule has 64 valence electrons. The number of nitrogens with two attached hydrogens (primary N) is 1. The summed E-state index contributed by atoms with van der Waals surface area (Å²) >= 11 is 3.68. The lowest BCUT2D eigenvalue weighted by Crippen LogP contribution is -1.99. The van der Waals surface area contributed by atoms with Crippen LogP contribution in [0.3, 0.4) is 0 Å². The van der Waals surface area contributed by atoms with Crippen molar-refractivity contribution in [1.29, 1.82) is 5.41 Å². The van der Waals surface area contributed by atoms with Gasteiger partial charge in [0, 0.05) is 23.5 Å². The molecule has 5 heteroatoms. The van der Waals surface area contributed by atoms with Crippen molar-refractivity contribution in [3.63, 3.8) is 0 Å². The summed E-state index contributed by atoms with van der Waals surface area (Å²) < 4.78 is 25.3. The third-order valence-electron chi connectivity index (χ3n) is 1.41. The number of hydrogen-bond acceptors (Lipinski definition) is 3. The molecule has 3 N–H and O–H groups in total. The maximum absolute atomic E-state index is 12.7. The average Bonchev–Trinajstić information content (AvgIpc) is 2.01. The Labute approximate surface area is 73.3 Å². The minimum atomic E-state index is -1.08. The molecule has 0 aliphatic heterocycles. The van der Waals surface area contributed by atoms with Crippen LogP contribution in [-0.4, -0.2) is 6.21 Å². The second-order valence-electron chi connectivity index (χ2n) is 2.17. The van der Waals surface area contributed by atoms with Crippen LogP contribution in [0.15, 0.2) is 11.0 Å². The molecule has 0 radical (unpaired) electrons. The number of thiol groups is 1. The Morgan fingerprint density at radius 2 is 2.08 bits per heavy atom. The van der Waals surface area contributed by atoms with Crippen molar-refractivity contribution in [1.82, 2.24) is 0 Å². The molecule has 0 atom stereocenters. The fourth-order valence-corrected chi connectivity index (χ4v) is 1.10. The molecule has 1 aromatic rings. The molecule has 0 saturated carbocycles. The Morgan fingerprint density at radius 3 is 2.58 bits per heavy atom. The van der Waals surface area contributed by atoms with Crippen LogP contribution in [0.25, 0.3) is 0 Å². The van der Waals surface area contributed by atoms with Crippen LogP contribution in [0.4, 0.5) is 14.5 Å². The van der Waals surface area contributed by atoms with Crippen molar-refractivity contribution < 1.29 is 8.78 Å². The molecule has 2 nitrogen and oxygen atoms in total. The van der Waals surface area contributed by atoms with Gasteiger partial charge in [-0.05, 0) is 0 Å². The number of hydrogen-bond donors (Lipinski definition) is 3. The van der Waals surface area contributed by atoms with E-state index in [0.29, 0.717) is 0 Å². The fraction of sp³-hybridized carbons (Fsp3) is 0. The molecule has 0 unspecified atom stereocenters. The van der Waals surface area contributed by atoms with Crippen molar-refractivity contribution in [2.75, 3.05) is 5.73 Å². The van der Waals surface area contributed by atoms with Crippen LogP contribution in [0.5, 0.6) is 0 Å². The van der Waals surface area contributed by atoms with Gasteiger partial charge in [-0.2, -0.15) is 0 Å². The van der Waals surface area contributed by atoms with Gasteiger partial charge in [0.1, 0.15) is 0 Å². The predicted octanol–water partition coefficient (Wildman–Crippen LogP) is 1.83. The molecule has 0 fully saturated rings. The van der Waals surface area contributed by atoms with Crippen molar-refractivity contribution in [2.45, 2.75) is 4.90 Å². The van der Waals surface area contributed by atoms with Gasteiger partial charge in [-0.1, -0.05) is 0 Å². The summed E-state index contributed by atoms with van der Waals surface area (Å²) in [4.78, 5) is -0.234. The number of anilines is 1. The fourth-order valence-electron chi connectivity index (χ4n) is 0.797. The van der Waals surface area contributed by atoms with Crippen LogP contribution in [-0.2, 0) is 0 Å². The van der Waals surface area contributed by atoms with Gasteiger partial charge in [-0.3, -0.25) is 0 Å². The van der Waals surface area contributed by atoms with E-state index in [-0.39, 0.29) is 16.1 Å². The summed E-state index contributed by atoms with van der Waals surface area (Å²) in [5.41, 5.74) is 5.40. The molecule has 0 aliphatic rings. The van der Waals surface area contributed by atoms with Crippen molar-refractivity contribution in [2.24, 2.45) is 0 Å². The van der Waals surface area contributed by atoms with Gasteiger partial charge in [0.2, 0.25) is 0 Å². The zero-order chi connectivity index (χ0) is 9.30. The third kappa shape index (κ3) is 1.27. The maximum Gasteiger partial charge on any atom is 0.172 e. The summed E-state index contributed by atoms with van der Waals surface area (Å²) in [6.07, 6.45) is 0.834. The number of halogens is 2. The molecule has 0 amide bonds. The van der Waals surface area contributed by atoms with E-state index in [1.807, 2.05) is 0 Å². The molecule has 1 aromatic carbocycles. The van der Waals surface area contributed by atoms with Crippen molar-refractivity contribution in [3.8, 4) is 0 Å². The molecule has 0 saturated heterocycles. The first-order chi connectivity index (χ1) is 5.57. The molecule has 0 heterocycles. The first-order valence-electron chi connectivity index (χ1n) is 3.04. The number of nitrogen functional groups attached to an aromatic ring is 1. The summed E-state index contributed by atoms with van der Waals surface area (Å²) in [5.74, 6) is -2.13. The highest BCUT2D eigenvalue weighted by Crippen LogP contribution is 2.24. The monoisotopic (exact) mass is 188 g/mol. The Kier molecular flexibility index (Phi) is 2.32. The van der Waals surface area contributed by atoms with Crippen LogP contribution in [0.1, 0.15) is 5.56 Å². The molecule has 0 aromatic heterocycles. The zero-order valence-electron chi connectivity index (χ0n) is 5.94. The number of rotatable bonds is 1. The highest BCUT2D eigenvalue weighted by atomic mass is 32.1. The molecule has 1 rings (SSSR count). The van der Waals surface area contributed by atoms with Gasteiger partial charge in [-0.25, -0.2) is 8.78 Å². The van der Waals surface area contributed by atoms with Crippen LogP contribution in [0.2, 0.25) is 0 Å². The number of nitrogens with one attached hydrogen (secondary N) is 1. The molecule has 12 heavy (non-hydrogen) atoms. The summed E-state index contributed by atoms with van der Waals surface area (Å²) in [6, 6.07) is 0.829. The predicted molar refractivity (Wildman–Crippen MR) is 45.9 cm³/mol. The Balaban J connectivity index is 3.51. The molecule has 0 aliphatic carbocycles. The van der Waals surface area contributed by atoms with Gasteiger partial charge in [0.05, 0.1) is 4.90 Å². The summed E-state index contributed by atoms with van der Waals surface area (Å²) in [6.45, 7) is 0. The molecule has 0 bridgehead atoms.